The Balaban J connectivity index is 0.000000163. The number of hydrogen-bond donors (Lipinski definition) is 16. The number of nitrogens with one attached hydrogen (secondary N) is 12. The zero-order valence-corrected chi connectivity index (χ0v) is 69.4. The van der Waals surface area contributed by atoms with E-state index in [1.807, 2.05) is 24.3 Å². The Morgan fingerprint density at radius 1 is 0.379 bits per heavy atom. The quantitative estimate of drug-likeness (QED) is 0.0273. The molecule has 11 atom stereocenters. The molecule has 0 heterocycles. The van der Waals surface area contributed by atoms with Crippen LogP contribution in [0.1, 0.15) is 163 Å². The van der Waals surface area contributed by atoms with Gasteiger partial charge in [-0.2, -0.15) is 0 Å². The summed E-state index contributed by atoms with van der Waals surface area (Å²) < 4.78 is 0. The standard InChI is InChI=1S/C21H25Cl2N3O4.C21H27Cl2N3O4.C20H19Cl2N3O4.C18H21Cl2N3O4/c22-14-2-1-3-15(23)17(14)19(27)25-16(20(28)29)9-24-21(30)26-18-12-5-10-4-11(7-12)8-13(18)6-10;1-20(2)11-7-8-21(20,3)15(9-11)26-19(30)24-10-14(18(28)29)25-17(27)16-12(22)5-4-6-13(16)23;21-13-6-3-7-14(22)17(13)18(26)24-16(19(27)28)10-23-20(29)25-15-9-8-11-4-1-2-5-12(11)15;19-11-2-1-3-12(20)15(11)16(24)22-14(17(25)26)8-21-18(27)23-13-7-9-4-5-10(13)6-9/h1-3,10-13,16,18H,4-9H2,(H,25,27)(H,28,29)(H2,24,26,30);4-6,11,14-15H,7-10H2,1-3H3,(H,25,27)(H,28,29)(H2,24,26,30);1-7,15-16H,8-10H2,(H,24,26)(H,27,28)(H2,23,25,29);1-3,9-10,13-14H,4-8H2,(H,22,24)(H,25,26)(H2,21,23,27)/t10?,11?,12?,13?,16-,18?;11?,14-,15?,21?;15-,16+;9?,10?,13?,14-/m0010/s1. The second kappa shape index (κ2) is 39.7. The van der Waals surface area contributed by atoms with E-state index in [2.05, 4.69) is 84.6 Å². The van der Waals surface area contributed by atoms with E-state index >= 15 is 0 Å². The molecule has 8 saturated carbocycles. The third-order valence-corrected chi connectivity index (χ3v) is 26.7. The molecule has 14 rings (SSSR count). The highest BCUT2D eigenvalue weighted by atomic mass is 35.5. The summed E-state index contributed by atoms with van der Waals surface area (Å²) in [5.41, 5.74) is 2.38. The lowest BCUT2D eigenvalue weighted by molar-refractivity contribution is -0.140. The number of fused-ring (bicyclic) bond motifs is 5. The zero-order chi connectivity index (χ0) is 84.2. The van der Waals surface area contributed by atoms with Crippen LogP contribution < -0.4 is 63.8 Å². The number of hydrogen-bond acceptors (Lipinski definition) is 12. The number of amides is 12. The van der Waals surface area contributed by atoms with Crippen LogP contribution in [0.5, 0.6) is 0 Å². The van der Waals surface area contributed by atoms with Crippen LogP contribution in [0.4, 0.5) is 19.2 Å². The van der Waals surface area contributed by atoms with Crippen LogP contribution in [-0.2, 0) is 25.6 Å². The number of urea groups is 4. The maximum absolute atomic E-state index is 12.5. The topological polar surface area (TPSA) is 430 Å². The molecule has 116 heavy (non-hydrogen) atoms. The van der Waals surface area contributed by atoms with Crippen LogP contribution in [-0.4, -0.2) is 161 Å². The number of carbonyl (C=O) groups is 12. The minimum Gasteiger partial charge on any atom is -0.480 e. The molecule has 16 N–H and O–H groups in total. The van der Waals surface area contributed by atoms with Crippen molar-refractivity contribution in [2.24, 2.45) is 52.3 Å². The van der Waals surface area contributed by atoms with Gasteiger partial charge in [0.2, 0.25) is 0 Å². The second-order valence-electron chi connectivity index (χ2n) is 31.5. The van der Waals surface area contributed by atoms with Gasteiger partial charge >= 0.3 is 48.0 Å². The van der Waals surface area contributed by atoms with E-state index in [0.717, 1.165) is 62.3 Å². The van der Waals surface area contributed by atoms with Gasteiger partial charge in [0.15, 0.2) is 0 Å². The Morgan fingerprint density at radius 2 is 0.733 bits per heavy atom. The Bertz CT molecular complexity index is 4460. The second-order valence-corrected chi connectivity index (χ2v) is 34.7. The number of aliphatic carboxylic acids is 4. The lowest BCUT2D eigenvalue weighted by Crippen LogP contribution is -2.58. The van der Waals surface area contributed by atoms with E-state index in [0.29, 0.717) is 29.6 Å². The van der Waals surface area contributed by atoms with Crippen molar-refractivity contribution in [1.29, 1.82) is 0 Å². The van der Waals surface area contributed by atoms with Gasteiger partial charge in [0.1, 0.15) is 24.2 Å². The maximum atomic E-state index is 12.5. The Kier molecular flexibility index (Phi) is 30.6. The van der Waals surface area contributed by atoms with Crippen molar-refractivity contribution in [3.63, 3.8) is 0 Å². The molecule has 9 aliphatic rings. The molecule has 0 saturated heterocycles. The van der Waals surface area contributed by atoms with Crippen molar-refractivity contribution in [3.8, 4) is 0 Å². The first-order chi connectivity index (χ1) is 55.0. The number of aryl methyl sites for hydroxylation is 1. The number of carbonyl (C=O) groups excluding carboxylic acids is 8. The largest absolute Gasteiger partial charge is 0.480 e. The summed E-state index contributed by atoms with van der Waals surface area (Å²) in [5, 5.41) is 69.9. The molecule has 28 nitrogen and oxygen atoms in total. The molecule has 5 aromatic rings. The highest BCUT2D eigenvalue weighted by Gasteiger charge is 2.62. The molecule has 0 radical (unpaired) electrons. The molecule has 6 unspecified atom stereocenters. The molecule has 624 valence electrons. The van der Waals surface area contributed by atoms with Gasteiger partial charge in [-0.3, -0.25) is 19.2 Å². The summed E-state index contributed by atoms with van der Waals surface area (Å²) in [5.74, 6) is -3.58. The minimum atomic E-state index is -1.35. The molecule has 36 heteroatoms. The fourth-order valence-corrected chi connectivity index (χ4v) is 20.2. The van der Waals surface area contributed by atoms with E-state index in [1.54, 1.807) is 24.3 Å². The number of carboxylic acid groups (broad SMARTS) is 4. The maximum Gasteiger partial charge on any atom is 0.328 e. The molecule has 5 aromatic carbocycles. The molecule has 8 bridgehead atoms. The lowest BCUT2D eigenvalue weighted by Gasteiger charge is -2.54. The Hall–Kier alpha value is -8.74. The van der Waals surface area contributed by atoms with Crippen molar-refractivity contribution in [3.05, 3.63) is 171 Å². The van der Waals surface area contributed by atoms with Crippen LogP contribution in [0.15, 0.2) is 97.1 Å². The highest BCUT2D eigenvalue weighted by Crippen LogP contribution is 2.65. The summed E-state index contributed by atoms with van der Waals surface area (Å²) in [7, 11) is 0. The van der Waals surface area contributed by atoms with Gasteiger partial charge in [-0.1, -0.05) is 169 Å². The molecule has 0 spiro atoms. The van der Waals surface area contributed by atoms with Gasteiger partial charge in [-0.15, -0.1) is 0 Å². The molecular formula is C80H92Cl8N12O16. The van der Waals surface area contributed by atoms with Gasteiger partial charge in [-0.25, -0.2) is 38.4 Å². The van der Waals surface area contributed by atoms with E-state index in [9.17, 15) is 78.0 Å². The summed E-state index contributed by atoms with van der Waals surface area (Å²) in [6.45, 7) is 5.63. The van der Waals surface area contributed by atoms with Gasteiger partial charge in [0.25, 0.3) is 23.6 Å². The number of benzene rings is 5. The third kappa shape index (κ3) is 22.2. The third-order valence-electron chi connectivity index (χ3n) is 24.2. The van der Waals surface area contributed by atoms with Crippen LogP contribution in [0.2, 0.25) is 40.2 Å². The van der Waals surface area contributed by atoms with Crippen LogP contribution in [0.3, 0.4) is 0 Å². The molecular weight excluding hydrogens is 1670 g/mol. The molecule has 0 aromatic heterocycles. The molecule has 9 aliphatic carbocycles. The van der Waals surface area contributed by atoms with E-state index in [4.69, 9.17) is 92.8 Å². The predicted molar refractivity (Wildman–Crippen MR) is 438 cm³/mol. The van der Waals surface area contributed by atoms with Crippen molar-refractivity contribution in [1.82, 2.24) is 63.8 Å². The van der Waals surface area contributed by atoms with Crippen molar-refractivity contribution < 1.29 is 78.0 Å². The number of halogens is 8. The number of carboxylic acids is 4. The van der Waals surface area contributed by atoms with Gasteiger partial charge in [-0.05, 0) is 195 Å². The van der Waals surface area contributed by atoms with Crippen LogP contribution in [0, 0.1) is 52.3 Å². The Morgan fingerprint density at radius 3 is 1.07 bits per heavy atom. The minimum absolute atomic E-state index is 0.00137. The average molecular weight is 1760 g/mol. The van der Waals surface area contributed by atoms with Crippen molar-refractivity contribution in [2.45, 2.75) is 159 Å². The van der Waals surface area contributed by atoms with Crippen molar-refractivity contribution >= 4 is 164 Å². The lowest BCUT2D eigenvalue weighted by atomic mass is 9.54. The van der Waals surface area contributed by atoms with E-state index in [-0.39, 0.29) is 124 Å². The average Bonchev–Trinajstić information content (AvgIpc) is 1.55. The first-order valence-electron chi connectivity index (χ1n) is 38.2. The zero-order valence-electron chi connectivity index (χ0n) is 63.3. The molecule has 8 fully saturated rings. The Labute approximate surface area is 709 Å². The smallest absolute Gasteiger partial charge is 0.328 e. The van der Waals surface area contributed by atoms with Crippen molar-refractivity contribution in [2.75, 3.05) is 26.2 Å². The first-order valence-corrected chi connectivity index (χ1v) is 41.2. The highest BCUT2D eigenvalue weighted by molar-refractivity contribution is 6.42. The summed E-state index contributed by atoms with van der Waals surface area (Å²) in [6, 6.07) is 19.2. The first kappa shape index (κ1) is 89.6. The van der Waals surface area contributed by atoms with Crippen LogP contribution in [0.25, 0.3) is 0 Å². The fourth-order valence-electron chi connectivity index (χ4n) is 17.9. The summed E-state index contributed by atoms with van der Waals surface area (Å²) in [6.07, 6.45) is 15.3. The van der Waals surface area contributed by atoms with Crippen LogP contribution >= 0.6 is 92.8 Å². The van der Waals surface area contributed by atoms with Gasteiger partial charge < -0.3 is 84.2 Å². The fraction of sp³-hybridized carbons (Fsp3) is 0.475. The SMILES string of the molecule is CC1(C)C2CCC1(C)C(NC(=O)NC[C@H](NC(=O)c1c(Cl)cccc1Cl)C(=O)O)C2.O=C(NC[C@H](NC(=O)c1c(Cl)cccc1Cl)C(=O)O)NC1C2CC3CC(C2)CC1C3.O=C(NC[C@H](NC(=O)c1c(Cl)cccc1Cl)C(=O)O)NC1CC2CCC1C2.O=C(NC[C@H](NC(=O)c1c(Cl)cccc1Cl)C(=O)O)N[C@@H]1CCc2ccccc21. The number of rotatable bonds is 24. The predicted octanol–water partition coefficient (Wildman–Crippen LogP) is 12.8. The summed E-state index contributed by atoms with van der Waals surface area (Å²) >= 11 is 47.9. The normalized spacial score (nSPS) is 24.4. The van der Waals surface area contributed by atoms with Gasteiger partial charge in [0.05, 0.1) is 94.7 Å². The molecule has 0 aliphatic heterocycles. The van der Waals surface area contributed by atoms with Gasteiger partial charge in [0, 0.05) is 18.1 Å². The summed E-state index contributed by atoms with van der Waals surface area (Å²) in [4.78, 5) is 145. The monoisotopic (exact) mass is 1760 g/mol. The van der Waals surface area contributed by atoms with E-state index in [1.165, 1.54) is 99.0 Å². The van der Waals surface area contributed by atoms with E-state index < -0.39 is 95.8 Å². The molecule has 12 amide bonds.